The van der Waals surface area contributed by atoms with Crippen LogP contribution in [0.3, 0.4) is 0 Å². The molecule has 2 fully saturated rings. The number of rotatable bonds is 21. The van der Waals surface area contributed by atoms with E-state index in [1.165, 1.54) is 81.8 Å². The number of halogens is 4. The summed E-state index contributed by atoms with van der Waals surface area (Å²) in [6, 6.07) is 24.2. The average Bonchev–Trinajstić information content (AvgIpc) is 1.61. The highest BCUT2D eigenvalue weighted by atomic mass is 35.7. The molecule has 0 spiro atoms. The Bertz CT molecular complexity index is 3590. The molecule has 2 saturated heterocycles. The van der Waals surface area contributed by atoms with Crippen LogP contribution in [-0.4, -0.2) is 161 Å². The van der Waals surface area contributed by atoms with E-state index in [0.717, 1.165) is 6.92 Å². The van der Waals surface area contributed by atoms with Crippen LogP contribution in [0.2, 0.25) is 0 Å². The second-order valence-electron chi connectivity index (χ2n) is 20.4. The molecule has 0 radical (unpaired) electrons. The number of nitrogens with one attached hydrogen (secondary N) is 1. The van der Waals surface area contributed by atoms with Gasteiger partial charge in [0.25, 0.3) is 0 Å². The van der Waals surface area contributed by atoms with Crippen LogP contribution in [0, 0.1) is 11.8 Å². The molecular formula is C54H68Cl2F2N11O18P3. The fourth-order valence-electron chi connectivity index (χ4n) is 8.70. The molecule has 3 unspecified atom stereocenters. The molecule has 90 heavy (non-hydrogen) atoms. The minimum absolute atomic E-state index is 0.0594. The number of imidazole rings is 2. The highest BCUT2D eigenvalue weighted by Gasteiger charge is 2.57. The van der Waals surface area contributed by atoms with Gasteiger partial charge < -0.3 is 64.0 Å². The largest absolute Gasteiger partial charge is 0.469 e. The van der Waals surface area contributed by atoms with Gasteiger partial charge in [-0.3, -0.25) is 37.2 Å². The minimum atomic E-state index is -4.23. The predicted molar refractivity (Wildman–Crippen MR) is 324 cm³/mol. The molecule has 29 nitrogen and oxygen atoms in total. The van der Waals surface area contributed by atoms with Crippen molar-refractivity contribution < 1.29 is 94.0 Å². The second kappa shape index (κ2) is 31.4. The van der Waals surface area contributed by atoms with Crippen LogP contribution in [0.15, 0.2) is 116 Å². The number of aliphatic hydroxyl groups excluding tert-OH is 3. The quantitative estimate of drug-likeness (QED) is 0.0227. The summed E-state index contributed by atoms with van der Waals surface area (Å²) in [4.78, 5) is 58.1. The lowest BCUT2D eigenvalue weighted by Crippen LogP contribution is -2.41. The summed E-state index contributed by atoms with van der Waals surface area (Å²) in [7, 11) is -0.509. The van der Waals surface area contributed by atoms with Crippen molar-refractivity contribution in [2.45, 2.75) is 88.9 Å². The van der Waals surface area contributed by atoms with Gasteiger partial charge in [-0.25, -0.2) is 43.2 Å². The smallest absolute Gasteiger partial charge is 0.459 e. The van der Waals surface area contributed by atoms with Crippen molar-refractivity contribution in [3.63, 3.8) is 0 Å². The van der Waals surface area contributed by atoms with E-state index in [4.69, 9.17) is 66.6 Å². The molecule has 4 aromatic heterocycles. The summed E-state index contributed by atoms with van der Waals surface area (Å²) in [5.41, 5.74) is 8.13. The Labute approximate surface area is 524 Å². The maximum absolute atomic E-state index is 15.7. The third-order valence-corrected chi connectivity index (χ3v) is 19.2. The number of anilines is 2. The number of alkyl halides is 2. The molecule has 8 N–H and O–H groups in total. The van der Waals surface area contributed by atoms with E-state index in [1.807, 2.05) is 12.1 Å². The Morgan fingerprint density at radius 2 is 0.989 bits per heavy atom. The van der Waals surface area contributed by atoms with Gasteiger partial charge in [0.2, 0.25) is 0 Å². The number of aliphatic hydroxyl groups is 3. The highest BCUT2D eigenvalue weighted by molar-refractivity contribution is 7.86. The summed E-state index contributed by atoms with van der Waals surface area (Å²) in [6.45, 7) is -0.824. The normalized spacial score (nSPS) is 24.0. The lowest BCUT2D eigenvalue weighted by atomic mass is 9.98. The van der Waals surface area contributed by atoms with Gasteiger partial charge in [0.1, 0.15) is 71.4 Å². The first-order valence-corrected chi connectivity index (χ1v) is 34.0. The van der Waals surface area contributed by atoms with Crippen molar-refractivity contribution in [1.29, 1.82) is 0 Å². The molecule has 0 saturated carbocycles. The van der Waals surface area contributed by atoms with E-state index in [1.54, 1.807) is 80.6 Å². The van der Waals surface area contributed by atoms with E-state index in [9.17, 15) is 42.7 Å². The molecular weight excluding hydrogens is 1290 g/mol. The number of esters is 3. The number of methoxy groups -OCH3 is 3. The zero-order valence-corrected chi connectivity index (χ0v) is 53.7. The van der Waals surface area contributed by atoms with Gasteiger partial charge in [-0.2, -0.15) is 5.09 Å². The van der Waals surface area contributed by atoms with E-state index in [0.29, 0.717) is 22.7 Å². The van der Waals surface area contributed by atoms with Gasteiger partial charge in [-0.15, -0.1) is 0 Å². The Morgan fingerprint density at radius 1 is 0.622 bits per heavy atom. The molecule has 0 amide bonds. The molecule has 0 aliphatic carbocycles. The first-order valence-electron chi connectivity index (χ1n) is 27.0. The number of benzene rings is 3. The van der Waals surface area contributed by atoms with E-state index < -0.39 is 118 Å². The van der Waals surface area contributed by atoms with Gasteiger partial charge >= 0.3 is 39.1 Å². The van der Waals surface area contributed by atoms with Crippen molar-refractivity contribution in [1.82, 2.24) is 44.1 Å². The monoisotopic (exact) mass is 1360 g/mol. The van der Waals surface area contributed by atoms with Crippen molar-refractivity contribution in [2.24, 2.45) is 11.8 Å². The van der Waals surface area contributed by atoms with Crippen molar-refractivity contribution >= 4 is 95.5 Å². The zero-order valence-electron chi connectivity index (χ0n) is 49.5. The number of fused-ring (bicyclic) bond motifs is 2. The maximum Gasteiger partial charge on any atom is 0.459 e. The average molecular weight is 1360 g/mol. The number of para-hydroxylation sites is 3. The molecule has 6 heterocycles. The van der Waals surface area contributed by atoms with Crippen LogP contribution < -0.4 is 30.1 Å². The number of nitrogens with zero attached hydrogens (tertiary/aromatic N) is 8. The standard InChI is InChI=1S/C21H26FN6O7P.2C11H14ClO4P.C11H14FN5O3/c1-12(19(30)32-3)27-36(31,35-13-7-5-4-6-8-13)33-9-14-16(29)21(2,22)20(34-14)28-11-26-15-17(23)24-10-25-18(15)28;2*1-9(11(13)15-2)8-17(12,14)16-10-6-4-3-5-7-10;1-11(12)7(19)5(2-18)20-10(11)17-4-16-6-8(13)14-3-15-9(6)17/h4-8,10-12,14,16,20,29H,9H2,1-3H3,(H,27,31)(H2,23,24,25);2*3-7,9H,8H2,1-2H3;3-5,7,10,18-19H,2H2,1H3,(H2,13,14,15)/t12-,14+,16+,20+,21+,36?;2*9-,17?;5-,7-,10-,11-/m0111/s1. The first kappa shape index (κ1) is 72.1. The number of carbonyl (C=O) groups excluding carboxylic acids is 3. The van der Waals surface area contributed by atoms with Gasteiger partial charge in [0, 0.05) is 0 Å². The summed E-state index contributed by atoms with van der Waals surface area (Å²) in [5, 5.41) is 32.2. The molecule has 0 bridgehead atoms. The zero-order chi connectivity index (χ0) is 66.4. The fraction of sp³-hybridized carbons (Fsp3) is 0.426. The summed E-state index contributed by atoms with van der Waals surface area (Å²) < 4.78 is 117. The van der Waals surface area contributed by atoms with Crippen LogP contribution in [-0.2, 0) is 56.3 Å². The van der Waals surface area contributed by atoms with Crippen LogP contribution >= 0.6 is 43.7 Å². The van der Waals surface area contributed by atoms with Crippen LogP contribution in [0.25, 0.3) is 22.3 Å². The number of hydrogen-bond donors (Lipinski definition) is 6. The highest BCUT2D eigenvalue weighted by Crippen LogP contribution is 2.55. The van der Waals surface area contributed by atoms with Gasteiger partial charge in [-0.1, -0.05) is 68.4 Å². The van der Waals surface area contributed by atoms with Crippen molar-refractivity contribution in [2.75, 3.05) is 58.3 Å². The summed E-state index contributed by atoms with van der Waals surface area (Å²) in [6.07, 6.45) is -3.03. The maximum atomic E-state index is 15.7. The Balaban J connectivity index is 0.000000204. The van der Waals surface area contributed by atoms with E-state index >= 15 is 4.39 Å². The molecule has 36 heteroatoms. The van der Waals surface area contributed by atoms with E-state index in [-0.39, 0.29) is 40.9 Å². The number of carbonyl (C=O) groups is 3. The molecule has 14 atom stereocenters. The SMILES string of the molecule is COC(=O)[C@H](C)CP(=O)(Cl)Oc1ccccc1.COC(=O)[C@H](C)CP(=O)(Cl)Oc1ccccc1.COC(=O)[C@H](C)NP(=O)(OC[C@H]1O[C@@H](n2cnc3c(N)ncnc32)[C@](C)(F)[C@@H]1O)Oc1ccccc1.C[C@@]1(F)[C@H](O)[C@@H](CO)O[C@H]1n1cnc2c(N)ncnc21. The van der Waals surface area contributed by atoms with Gasteiger partial charge in [0.15, 0.2) is 46.7 Å². The number of ether oxygens (including phenoxy) is 5. The third kappa shape index (κ3) is 18.6. The molecule has 490 valence electrons. The Kier molecular flexibility index (Phi) is 25.1. The fourth-order valence-corrected chi connectivity index (χ4v) is 14.6. The first-order chi connectivity index (χ1) is 42.4. The van der Waals surface area contributed by atoms with Gasteiger partial charge in [0.05, 0.1) is 71.4 Å². The molecule has 2 aliphatic heterocycles. The number of nitrogen functional groups attached to an aromatic ring is 2. The third-order valence-electron chi connectivity index (χ3n) is 13.3. The topological polar surface area (TPSA) is 397 Å². The second-order valence-corrected chi connectivity index (χ2v) is 28.6. The van der Waals surface area contributed by atoms with Crippen LogP contribution in [0.4, 0.5) is 20.4 Å². The molecule has 2 aliphatic rings. The number of aromatic nitrogens is 8. The van der Waals surface area contributed by atoms with Crippen LogP contribution in [0.5, 0.6) is 17.2 Å². The predicted octanol–water partition coefficient (Wildman–Crippen LogP) is 7.75. The molecule has 9 rings (SSSR count). The lowest BCUT2D eigenvalue weighted by molar-refractivity contribution is -0.144. The minimum Gasteiger partial charge on any atom is -0.469 e. The summed E-state index contributed by atoms with van der Waals surface area (Å²) in [5.74, 6) is -1.45. The summed E-state index contributed by atoms with van der Waals surface area (Å²) >= 11 is 11.6. The molecule has 7 aromatic rings. The Morgan fingerprint density at radius 3 is 1.36 bits per heavy atom. The number of nitrogens with two attached hydrogens (primary N) is 2. The van der Waals surface area contributed by atoms with E-state index in [2.05, 4.69) is 49.2 Å². The molecule has 3 aromatic carbocycles. The van der Waals surface area contributed by atoms with Gasteiger partial charge in [-0.05, 0) is 79.7 Å². The lowest BCUT2D eigenvalue weighted by Gasteiger charge is -2.25. The number of hydrogen-bond acceptors (Lipinski definition) is 26. The van der Waals surface area contributed by atoms with Crippen molar-refractivity contribution in [3.05, 3.63) is 116 Å². The van der Waals surface area contributed by atoms with Crippen LogP contribution in [0.1, 0.15) is 47.1 Å². The van der Waals surface area contributed by atoms with Crippen molar-refractivity contribution in [3.8, 4) is 17.2 Å². The Hall–Kier alpha value is -6.98.